The molecular formula is C29H44O8. The maximum atomic E-state index is 13.3. The molecule has 0 aromatic carbocycles. The van der Waals surface area contributed by atoms with Gasteiger partial charge in [0.05, 0.1) is 35.4 Å². The standard InChI is InChI=1S/C29H44O8/c1-14-16(15(2)37-25(14)34)10-24(33)28(5,35)23-7-9-29(36)18-11-20(30)19-12-21(31)22(32)13-26(19,3)17(18)6-8-27(23,29)4/h11,14-17,19,21-24,31-33,35-36H,6-10,12-13H2,1-5H3/t14-,15+,16-,17?,19-,21+,22-,23-,24+,26+,27+,28+,29+/m0/s1. The number of ketones is 1. The van der Waals surface area contributed by atoms with Crippen LogP contribution < -0.4 is 0 Å². The summed E-state index contributed by atoms with van der Waals surface area (Å²) in [5, 5.41) is 56.2. The monoisotopic (exact) mass is 520 g/mol. The van der Waals surface area contributed by atoms with Gasteiger partial charge >= 0.3 is 5.97 Å². The Morgan fingerprint density at radius 2 is 1.78 bits per heavy atom. The minimum absolute atomic E-state index is 0.104. The lowest BCUT2D eigenvalue weighted by Gasteiger charge is -2.60. The van der Waals surface area contributed by atoms with Gasteiger partial charge in [-0.3, -0.25) is 9.59 Å². The molecule has 5 rings (SSSR count). The van der Waals surface area contributed by atoms with Gasteiger partial charge in [0.15, 0.2) is 5.78 Å². The molecule has 0 spiro atoms. The summed E-state index contributed by atoms with van der Waals surface area (Å²) < 4.78 is 5.34. The summed E-state index contributed by atoms with van der Waals surface area (Å²) in [7, 11) is 0. The first-order valence-electron chi connectivity index (χ1n) is 14.0. The van der Waals surface area contributed by atoms with E-state index in [1.807, 2.05) is 20.8 Å². The van der Waals surface area contributed by atoms with Crippen LogP contribution in [-0.2, 0) is 14.3 Å². The number of carbonyl (C=O) groups is 2. The minimum Gasteiger partial charge on any atom is -0.462 e. The van der Waals surface area contributed by atoms with Crippen LogP contribution >= 0.6 is 0 Å². The van der Waals surface area contributed by atoms with Gasteiger partial charge in [-0.25, -0.2) is 0 Å². The molecule has 8 nitrogen and oxygen atoms in total. The topological polar surface area (TPSA) is 145 Å². The number of hydrogen-bond acceptors (Lipinski definition) is 8. The van der Waals surface area contributed by atoms with E-state index >= 15 is 0 Å². The molecule has 8 heteroatoms. The van der Waals surface area contributed by atoms with Gasteiger partial charge < -0.3 is 30.3 Å². The van der Waals surface area contributed by atoms with Crippen molar-refractivity contribution in [3.05, 3.63) is 11.6 Å². The molecule has 1 heterocycles. The molecule has 13 atom stereocenters. The maximum Gasteiger partial charge on any atom is 0.309 e. The SMILES string of the molecule is C[C@@H]1C(=O)O[C@H](C)[C@H]1C[C@@H](O)[C@](C)(O)[C@H]1CC[C@@]2(O)C3=CC(=O)[C@@H]4C[C@@H](O)[C@@H](O)C[C@]4(C)C3CC[C@]12C. The fourth-order valence-corrected chi connectivity index (χ4v) is 9.39. The summed E-state index contributed by atoms with van der Waals surface area (Å²) in [6.45, 7) is 9.21. The van der Waals surface area contributed by atoms with Crippen LogP contribution in [0.15, 0.2) is 11.6 Å². The molecular weight excluding hydrogens is 476 g/mol. The van der Waals surface area contributed by atoms with E-state index in [9.17, 15) is 35.1 Å². The van der Waals surface area contributed by atoms with Crippen LogP contribution in [0.4, 0.5) is 0 Å². The van der Waals surface area contributed by atoms with Gasteiger partial charge in [0, 0.05) is 17.3 Å². The van der Waals surface area contributed by atoms with E-state index in [0.29, 0.717) is 37.7 Å². The lowest BCUT2D eigenvalue weighted by molar-refractivity contribution is -0.178. The predicted molar refractivity (Wildman–Crippen MR) is 134 cm³/mol. The number of aliphatic hydroxyl groups excluding tert-OH is 3. The molecule has 0 amide bonds. The van der Waals surface area contributed by atoms with Gasteiger partial charge in [-0.2, -0.15) is 0 Å². The molecule has 5 N–H and O–H groups in total. The second-order valence-electron chi connectivity index (χ2n) is 13.7. The highest BCUT2D eigenvalue weighted by atomic mass is 16.6. The van der Waals surface area contributed by atoms with E-state index in [-0.39, 0.29) is 48.5 Å². The van der Waals surface area contributed by atoms with E-state index in [4.69, 9.17) is 4.74 Å². The van der Waals surface area contributed by atoms with E-state index < -0.39 is 52.2 Å². The Labute approximate surface area is 219 Å². The molecule has 208 valence electrons. The van der Waals surface area contributed by atoms with Crippen LogP contribution in [0.5, 0.6) is 0 Å². The molecule has 1 unspecified atom stereocenters. The zero-order valence-corrected chi connectivity index (χ0v) is 22.7. The Morgan fingerprint density at radius 1 is 1.11 bits per heavy atom. The molecule has 0 aromatic heterocycles. The van der Waals surface area contributed by atoms with Crippen molar-refractivity contribution >= 4 is 11.8 Å². The molecule has 0 radical (unpaired) electrons. The molecule has 5 aliphatic rings. The van der Waals surface area contributed by atoms with Crippen molar-refractivity contribution in [2.75, 3.05) is 0 Å². The Morgan fingerprint density at radius 3 is 2.41 bits per heavy atom. The second kappa shape index (κ2) is 8.59. The summed E-state index contributed by atoms with van der Waals surface area (Å²) >= 11 is 0. The molecule has 3 saturated carbocycles. The highest BCUT2D eigenvalue weighted by Gasteiger charge is 2.69. The number of allylic oxidation sites excluding steroid dienone is 1. The van der Waals surface area contributed by atoms with E-state index in [1.54, 1.807) is 19.9 Å². The first kappa shape index (κ1) is 27.3. The third kappa shape index (κ3) is 3.65. The van der Waals surface area contributed by atoms with E-state index in [2.05, 4.69) is 0 Å². The van der Waals surface area contributed by atoms with Crippen molar-refractivity contribution in [3.8, 4) is 0 Å². The van der Waals surface area contributed by atoms with Crippen LogP contribution in [0.1, 0.15) is 79.6 Å². The number of cyclic esters (lactones) is 1. The van der Waals surface area contributed by atoms with Gasteiger partial charge in [-0.05, 0) is 87.7 Å². The van der Waals surface area contributed by atoms with Crippen LogP contribution in [0.2, 0.25) is 0 Å². The predicted octanol–water partition coefficient (Wildman–Crippen LogP) is 1.89. The van der Waals surface area contributed by atoms with Crippen molar-refractivity contribution in [1.29, 1.82) is 0 Å². The Kier molecular flexibility index (Phi) is 6.33. The number of esters is 1. The van der Waals surface area contributed by atoms with Gasteiger partial charge in [0.25, 0.3) is 0 Å². The lowest BCUT2D eigenvalue weighted by Crippen LogP contribution is -2.63. The molecule has 1 aliphatic heterocycles. The third-order valence-electron chi connectivity index (χ3n) is 11.9. The Hall–Kier alpha value is -1.32. The highest BCUT2D eigenvalue weighted by Crippen LogP contribution is 2.68. The molecule has 0 aromatic rings. The fourth-order valence-electron chi connectivity index (χ4n) is 9.39. The number of rotatable bonds is 4. The fraction of sp³-hybridized carbons (Fsp3) is 0.862. The third-order valence-corrected chi connectivity index (χ3v) is 11.9. The molecule has 4 aliphatic carbocycles. The van der Waals surface area contributed by atoms with Gasteiger partial charge in [0.1, 0.15) is 6.10 Å². The van der Waals surface area contributed by atoms with Gasteiger partial charge in [0.2, 0.25) is 0 Å². The summed E-state index contributed by atoms with van der Waals surface area (Å²) in [5.74, 6) is -1.88. The quantitative estimate of drug-likeness (QED) is 0.354. The number of ether oxygens (including phenoxy) is 1. The number of carbonyl (C=O) groups excluding carboxylic acids is 2. The van der Waals surface area contributed by atoms with Crippen molar-refractivity contribution in [1.82, 2.24) is 0 Å². The summed E-state index contributed by atoms with van der Waals surface area (Å²) in [6.07, 6.45) is 1.21. The molecule has 4 fully saturated rings. The van der Waals surface area contributed by atoms with Crippen molar-refractivity contribution < 1.29 is 39.9 Å². The molecule has 0 bridgehead atoms. The highest BCUT2D eigenvalue weighted by molar-refractivity contribution is 5.95. The normalized spacial score (nSPS) is 51.9. The van der Waals surface area contributed by atoms with E-state index in [1.165, 1.54) is 0 Å². The number of hydrogen-bond donors (Lipinski definition) is 5. The number of aliphatic hydroxyl groups is 5. The summed E-state index contributed by atoms with van der Waals surface area (Å²) in [6, 6.07) is 0. The van der Waals surface area contributed by atoms with Crippen molar-refractivity contribution in [3.63, 3.8) is 0 Å². The van der Waals surface area contributed by atoms with Crippen molar-refractivity contribution in [2.24, 2.45) is 40.4 Å². The lowest BCUT2D eigenvalue weighted by atomic mass is 9.45. The Balaban J connectivity index is 1.44. The van der Waals surface area contributed by atoms with Crippen LogP contribution in [-0.4, -0.2) is 72.9 Å². The van der Waals surface area contributed by atoms with E-state index in [0.717, 1.165) is 0 Å². The number of fused-ring (bicyclic) bond motifs is 5. The average Bonchev–Trinajstić information content (AvgIpc) is 3.23. The smallest absolute Gasteiger partial charge is 0.309 e. The maximum absolute atomic E-state index is 13.3. The summed E-state index contributed by atoms with van der Waals surface area (Å²) in [4.78, 5) is 25.4. The van der Waals surface area contributed by atoms with Crippen molar-refractivity contribution in [2.45, 2.75) is 115 Å². The van der Waals surface area contributed by atoms with Gasteiger partial charge in [-0.1, -0.05) is 20.8 Å². The van der Waals surface area contributed by atoms with Crippen LogP contribution in [0, 0.1) is 40.4 Å². The zero-order valence-electron chi connectivity index (χ0n) is 22.7. The largest absolute Gasteiger partial charge is 0.462 e. The molecule has 1 saturated heterocycles. The van der Waals surface area contributed by atoms with Crippen LogP contribution in [0.25, 0.3) is 0 Å². The minimum atomic E-state index is -1.52. The van der Waals surface area contributed by atoms with Crippen LogP contribution in [0.3, 0.4) is 0 Å². The Bertz CT molecular complexity index is 1010. The van der Waals surface area contributed by atoms with Gasteiger partial charge in [-0.15, -0.1) is 0 Å². The first-order valence-corrected chi connectivity index (χ1v) is 14.0. The zero-order chi connectivity index (χ0) is 27.3. The summed E-state index contributed by atoms with van der Waals surface area (Å²) in [5.41, 5.74) is -3.47. The average molecular weight is 521 g/mol. The first-order chi connectivity index (χ1) is 17.1. The molecule has 37 heavy (non-hydrogen) atoms. The second-order valence-corrected chi connectivity index (χ2v) is 13.7.